The second-order valence-corrected chi connectivity index (χ2v) is 8.11. The van der Waals surface area contributed by atoms with Crippen LogP contribution in [0.1, 0.15) is 31.4 Å². The Bertz CT molecular complexity index is 795. The monoisotopic (exact) mass is 401 g/mol. The van der Waals surface area contributed by atoms with E-state index >= 15 is 0 Å². The number of rotatable bonds is 7. The molecule has 1 fully saturated rings. The van der Waals surface area contributed by atoms with Crippen molar-refractivity contribution >= 4 is 17.5 Å². The summed E-state index contributed by atoms with van der Waals surface area (Å²) in [4.78, 5) is 15.0. The summed E-state index contributed by atoms with van der Waals surface area (Å²) in [6, 6.07) is 15.2. The summed E-state index contributed by atoms with van der Waals surface area (Å²) < 4.78 is 0. The first-order valence-electron chi connectivity index (χ1n) is 9.71. The molecule has 28 heavy (non-hydrogen) atoms. The molecule has 1 saturated heterocycles. The molecule has 0 saturated carbocycles. The number of aromatic hydroxyl groups is 1. The van der Waals surface area contributed by atoms with Gasteiger partial charge in [0.2, 0.25) is 5.91 Å². The van der Waals surface area contributed by atoms with Crippen LogP contribution in [-0.2, 0) is 17.9 Å². The number of nitrogens with one attached hydrogen (secondary N) is 2. The highest BCUT2D eigenvalue weighted by Crippen LogP contribution is 2.23. The Morgan fingerprint density at radius 3 is 2.61 bits per heavy atom. The average Bonchev–Trinajstić information content (AvgIpc) is 3.05. The number of likely N-dealkylation sites (tertiary alicyclic amines) is 1. The van der Waals surface area contributed by atoms with Crippen LogP contribution in [0, 0.1) is 0 Å². The zero-order valence-electron chi connectivity index (χ0n) is 16.4. The lowest BCUT2D eigenvalue weighted by atomic mass is 10.1. The van der Waals surface area contributed by atoms with Gasteiger partial charge in [-0.25, -0.2) is 0 Å². The van der Waals surface area contributed by atoms with E-state index in [0.29, 0.717) is 23.9 Å². The lowest BCUT2D eigenvalue weighted by molar-refractivity contribution is -0.126. The van der Waals surface area contributed by atoms with E-state index in [-0.39, 0.29) is 24.0 Å². The van der Waals surface area contributed by atoms with Gasteiger partial charge in [0.15, 0.2) is 0 Å². The van der Waals surface area contributed by atoms with E-state index in [1.54, 1.807) is 6.07 Å². The lowest BCUT2D eigenvalue weighted by Gasteiger charge is -2.24. The zero-order valence-corrected chi connectivity index (χ0v) is 17.1. The molecule has 2 aromatic rings. The van der Waals surface area contributed by atoms with Crippen LogP contribution in [0.5, 0.6) is 5.75 Å². The summed E-state index contributed by atoms with van der Waals surface area (Å²) in [6.07, 6.45) is 0.736. The third-order valence-corrected chi connectivity index (χ3v) is 5.26. The molecule has 0 aromatic heterocycles. The number of carbonyl (C=O) groups excluding carboxylic acids is 1. The Balaban J connectivity index is 1.67. The number of hydrogen-bond acceptors (Lipinski definition) is 4. The largest absolute Gasteiger partial charge is 0.508 e. The van der Waals surface area contributed by atoms with Gasteiger partial charge < -0.3 is 15.7 Å². The Morgan fingerprint density at radius 2 is 1.93 bits per heavy atom. The number of phenolic OH excluding ortho intramolecular Hbond substituents is 1. The second kappa shape index (κ2) is 9.41. The van der Waals surface area contributed by atoms with E-state index < -0.39 is 0 Å². The van der Waals surface area contributed by atoms with Gasteiger partial charge >= 0.3 is 0 Å². The summed E-state index contributed by atoms with van der Waals surface area (Å²) in [7, 11) is 0. The number of benzene rings is 2. The first-order chi connectivity index (χ1) is 13.4. The van der Waals surface area contributed by atoms with Crippen molar-refractivity contribution in [3.8, 4) is 5.75 Å². The molecule has 1 amide bonds. The van der Waals surface area contributed by atoms with Crippen molar-refractivity contribution in [2.45, 2.75) is 51.5 Å². The molecule has 0 aliphatic carbocycles. The molecule has 5 nitrogen and oxygen atoms in total. The number of nitrogens with zero attached hydrogens (tertiary/aromatic N) is 1. The summed E-state index contributed by atoms with van der Waals surface area (Å²) in [5.41, 5.74) is 2.00. The molecule has 1 aliphatic heterocycles. The molecule has 3 rings (SSSR count). The van der Waals surface area contributed by atoms with E-state index in [2.05, 4.69) is 15.5 Å². The maximum Gasteiger partial charge on any atom is 0.237 e. The Hall–Kier alpha value is -2.08. The molecule has 2 atom stereocenters. The Labute approximate surface area is 171 Å². The molecule has 3 N–H and O–H groups in total. The molecular weight excluding hydrogens is 374 g/mol. The van der Waals surface area contributed by atoms with Crippen molar-refractivity contribution in [3.05, 3.63) is 64.7 Å². The fourth-order valence-electron chi connectivity index (χ4n) is 3.62. The van der Waals surface area contributed by atoms with E-state index in [9.17, 15) is 9.90 Å². The summed E-state index contributed by atoms with van der Waals surface area (Å²) in [5.74, 6) is 0.357. The molecule has 1 aliphatic rings. The maximum atomic E-state index is 12.7. The number of hydrogen-bond donors (Lipinski definition) is 3. The van der Waals surface area contributed by atoms with Crippen LogP contribution in [0.25, 0.3) is 0 Å². The fourth-order valence-corrected chi connectivity index (χ4v) is 3.74. The predicted octanol–water partition coefficient (Wildman–Crippen LogP) is 3.30. The number of halogens is 1. The van der Waals surface area contributed by atoms with Crippen molar-refractivity contribution in [3.63, 3.8) is 0 Å². The topological polar surface area (TPSA) is 64.6 Å². The van der Waals surface area contributed by atoms with Crippen LogP contribution in [-0.4, -0.2) is 40.6 Å². The van der Waals surface area contributed by atoms with Gasteiger partial charge in [0.25, 0.3) is 0 Å². The molecule has 0 spiro atoms. The fraction of sp³-hybridized carbons (Fsp3) is 0.409. The lowest BCUT2D eigenvalue weighted by Crippen LogP contribution is -2.45. The average molecular weight is 402 g/mol. The van der Waals surface area contributed by atoms with Gasteiger partial charge in [-0.05, 0) is 44.0 Å². The first-order valence-corrected chi connectivity index (χ1v) is 10.1. The van der Waals surface area contributed by atoms with Gasteiger partial charge in [0, 0.05) is 42.3 Å². The Morgan fingerprint density at radius 1 is 1.21 bits per heavy atom. The predicted molar refractivity (Wildman–Crippen MR) is 112 cm³/mol. The number of carbonyl (C=O) groups is 1. The second-order valence-electron chi connectivity index (χ2n) is 7.68. The smallest absolute Gasteiger partial charge is 0.237 e. The third-order valence-electron chi connectivity index (χ3n) is 5.01. The van der Waals surface area contributed by atoms with Crippen molar-refractivity contribution < 1.29 is 9.90 Å². The number of phenols is 1. The zero-order chi connectivity index (χ0) is 20.1. The molecule has 0 unspecified atom stereocenters. The van der Waals surface area contributed by atoms with Crippen molar-refractivity contribution in [1.82, 2.24) is 15.5 Å². The van der Waals surface area contributed by atoms with Gasteiger partial charge in [0.1, 0.15) is 5.75 Å². The summed E-state index contributed by atoms with van der Waals surface area (Å²) >= 11 is 5.99. The van der Waals surface area contributed by atoms with Crippen molar-refractivity contribution in [2.24, 2.45) is 0 Å². The van der Waals surface area contributed by atoms with E-state index in [1.807, 2.05) is 56.3 Å². The molecule has 0 bridgehead atoms. The van der Waals surface area contributed by atoms with Crippen LogP contribution in [0.4, 0.5) is 0 Å². The van der Waals surface area contributed by atoms with Gasteiger partial charge in [0.05, 0.1) is 6.04 Å². The minimum absolute atomic E-state index is 0.0656. The minimum Gasteiger partial charge on any atom is -0.508 e. The van der Waals surface area contributed by atoms with Gasteiger partial charge in [-0.15, -0.1) is 0 Å². The normalized spacial score (nSPS) is 19.9. The summed E-state index contributed by atoms with van der Waals surface area (Å²) in [6.45, 7) is 5.99. The van der Waals surface area contributed by atoms with Crippen LogP contribution in [0.3, 0.4) is 0 Å². The van der Waals surface area contributed by atoms with Crippen LogP contribution in [0.15, 0.2) is 48.5 Å². The van der Waals surface area contributed by atoms with Gasteiger partial charge in [-0.1, -0.05) is 41.9 Å². The minimum atomic E-state index is -0.181. The molecule has 150 valence electrons. The summed E-state index contributed by atoms with van der Waals surface area (Å²) in [5, 5.41) is 17.2. The van der Waals surface area contributed by atoms with Crippen molar-refractivity contribution in [2.75, 3.05) is 6.54 Å². The SMILES string of the molecule is CC(C)NC(=O)[C@@H]1C[C@@H](NCc2ccccc2O)CN1Cc1ccc(Cl)cc1. The first kappa shape index (κ1) is 20.6. The Kier molecular flexibility index (Phi) is 6.94. The highest BCUT2D eigenvalue weighted by molar-refractivity contribution is 6.30. The number of amides is 1. The van der Waals surface area contributed by atoms with Crippen LogP contribution >= 0.6 is 11.6 Å². The molecule has 0 radical (unpaired) electrons. The maximum absolute atomic E-state index is 12.7. The molecular formula is C22H28ClN3O2. The van der Waals surface area contributed by atoms with Crippen LogP contribution in [0.2, 0.25) is 5.02 Å². The standard InChI is InChI=1S/C22H28ClN3O2/c1-15(2)25-22(28)20-11-19(24-12-17-5-3-4-6-21(17)27)14-26(20)13-16-7-9-18(23)10-8-16/h3-10,15,19-20,24,27H,11-14H2,1-2H3,(H,25,28)/t19-,20+/m1/s1. The molecule has 2 aromatic carbocycles. The van der Waals surface area contributed by atoms with E-state index in [1.165, 1.54) is 0 Å². The van der Waals surface area contributed by atoms with Crippen molar-refractivity contribution in [1.29, 1.82) is 0 Å². The highest BCUT2D eigenvalue weighted by atomic mass is 35.5. The van der Waals surface area contributed by atoms with E-state index in [4.69, 9.17) is 11.6 Å². The van der Waals surface area contributed by atoms with Crippen LogP contribution < -0.4 is 10.6 Å². The van der Waals surface area contributed by atoms with Gasteiger partial charge in [-0.3, -0.25) is 9.69 Å². The van der Waals surface area contributed by atoms with E-state index in [0.717, 1.165) is 24.1 Å². The quantitative estimate of drug-likeness (QED) is 0.666. The molecule has 1 heterocycles. The third kappa shape index (κ3) is 5.47. The highest BCUT2D eigenvalue weighted by Gasteiger charge is 2.36. The molecule has 6 heteroatoms. The van der Waals surface area contributed by atoms with Gasteiger partial charge in [-0.2, -0.15) is 0 Å². The number of para-hydroxylation sites is 1.